The molecule has 0 amide bonds. The van der Waals surface area contributed by atoms with Crippen LogP contribution in [0.25, 0.3) is 11.3 Å². The fourth-order valence-corrected chi connectivity index (χ4v) is 4.21. The monoisotopic (exact) mass is 500 g/mol. The van der Waals surface area contributed by atoms with E-state index in [-0.39, 0.29) is 23.4 Å². The summed E-state index contributed by atoms with van der Waals surface area (Å²) in [5, 5.41) is 22.5. The highest BCUT2D eigenvalue weighted by Gasteiger charge is 2.26. The molecule has 0 saturated carbocycles. The highest BCUT2D eigenvalue weighted by atomic mass is 19.1. The highest BCUT2D eigenvalue weighted by molar-refractivity contribution is 5.74. The van der Waals surface area contributed by atoms with Gasteiger partial charge in [0.1, 0.15) is 24.9 Å². The lowest BCUT2D eigenvalue weighted by atomic mass is 10.1. The number of rotatable bonds is 4. The molecular weight excluding hydrogens is 475 g/mol. The van der Waals surface area contributed by atoms with E-state index in [2.05, 4.69) is 47.0 Å². The Morgan fingerprint density at radius 1 is 1.19 bits per heavy atom. The van der Waals surface area contributed by atoms with Crippen LogP contribution < -0.4 is 15.5 Å². The molecule has 12 heteroatoms. The van der Waals surface area contributed by atoms with E-state index in [1.165, 1.54) is 6.33 Å². The van der Waals surface area contributed by atoms with Gasteiger partial charge in [0.25, 0.3) is 0 Å². The van der Waals surface area contributed by atoms with Gasteiger partial charge in [-0.15, -0.1) is 10.2 Å². The van der Waals surface area contributed by atoms with E-state index >= 15 is 0 Å². The molecule has 1 aliphatic heterocycles. The summed E-state index contributed by atoms with van der Waals surface area (Å²) < 4.78 is 16.4. The Morgan fingerprint density at radius 3 is 2.86 bits per heavy atom. The third kappa shape index (κ3) is 5.25. The summed E-state index contributed by atoms with van der Waals surface area (Å²) in [5.74, 6) is 6.15. The van der Waals surface area contributed by atoms with Gasteiger partial charge in [0.2, 0.25) is 5.82 Å². The molecule has 1 aliphatic rings. The van der Waals surface area contributed by atoms with Gasteiger partial charge in [-0.25, -0.2) is 24.0 Å². The van der Waals surface area contributed by atoms with Crippen LogP contribution in [0.4, 0.5) is 21.7 Å². The Balaban J connectivity index is 1.36. The average Bonchev–Trinajstić information content (AvgIpc) is 3.34. The Morgan fingerprint density at radius 2 is 2.05 bits per heavy atom. The average molecular weight is 501 g/mol. The molecule has 4 aromatic rings. The molecule has 1 fully saturated rings. The van der Waals surface area contributed by atoms with Crippen molar-refractivity contribution >= 4 is 17.3 Å². The van der Waals surface area contributed by atoms with Gasteiger partial charge in [0.05, 0.1) is 17.6 Å². The fraction of sp³-hybridized carbons (Fsp3) is 0.280. The molecule has 5 rings (SSSR count). The van der Waals surface area contributed by atoms with Crippen molar-refractivity contribution in [2.45, 2.75) is 25.9 Å². The molecule has 11 nitrogen and oxygen atoms in total. The van der Waals surface area contributed by atoms with E-state index in [4.69, 9.17) is 5.73 Å². The van der Waals surface area contributed by atoms with Crippen LogP contribution in [0, 0.1) is 17.7 Å². The first-order valence-electron chi connectivity index (χ1n) is 11.8. The van der Waals surface area contributed by atoms with Gasteiger partial charge in [-0.05, 0) is 37.5 Å². The van der Waals surface area contributed by atoms with Crippen LogP contribution in [0.5, 0.6) is 5.75 Å². The van der Waals surface area contributed by atoms with Crippen molar-refractivity contribution in [1.29, 1.82) is 0 Å². The van der Waals surface area contributed by atoms with Crippen molar-refractivity contribution in [1.82, 2.24) is 34.9 Å². The number of para-hydroxylation sites is 1. The third-order valence-electron chi connectivity index (χ3n) is 6.19. The zero-order valence-corrected chi connectivity index (χ0v) is 20.2. The molecule has 1 saturated heterocycles. The van der Waals surface area contributed by atoms with Crippen LogP contribution in [0.3, 0.4) is 0 Å². The van der Waals surface area contributed by atoms with Gasteiger partial charge in [-0.3, -0.25) is 0 Å². The maximum Gasteiger partial charge on any atom is 0.207 e. The summed E-state index contributed by atoms with van der Waals surface area (Å²) in [4.78, 5) is 16.3. The van der Waals surface area contributed by atoms with Gasteiger partial charge in [0, 0.05) is 31.2 Å². The topological polar surface area (TPSA) is 135 Å². The van der Waals surface area contributed by atoms with Crippen LogP contribution in [0.2, 0.25) is 0 Å². The van der Waals surface area contributed by atoms with Crippen molar-refractivity contribution in [2.75, 3.05) is 35.2 Å². The molecule has 1 unspecified atom stereocenters. The zero-order chi connectivity index (χ0) is 25.8. The van der Waals surface area contributed by atoms with Gasteiger partial charge >= 0.3 is 0 Å². The first-order valence-corrected chi connectivity index (χ1v) is 11.8. The van der Waals surface area contributed by atoms with E-state index in [0.717, 1.165) is 12.6 Å². The van der Waals surface area contributed by atoms with E-state index in [1.807, 2.05) is 24.0 Å². The number of phenols is 1. The zero-order valence-electron chi connectivity index (χ0n) is 20.2. The normalized spacial score (nSPS) is 15.7. The van der Waals surface area contributed by atoms with E-state index in [9.17, 15) is 9.50 Å². The lowest BCUT2D eigenvalue weighted by molar-refractivity contribution is 0.477. The van der Waals surface area contributed by atoms with Gasteiger partial charge < -0.3 is 20.6 Å². The van der Waals surface area contributed by atoms with Crippen LogP contribution in [0.15, 0.2) is 49.2 Å². The number of aromatic nitrogens is 7. The smallest absolute Gasteiger partial charge is 0.207 e. The third-order valence-corrected chi connectivity index (χ3v) is 6.19. The van der Waals surface area contributed by atoms with Gasteiger partial charge in [0.15, 0.2) is 17.5 Å². The Kier molecular flexibility index (Phi) is 6.76. The number of anilines is 3. The first kappa shape index (κ1) is 23.9. The van der Waals surface area contributed by atoms with Crippen molar-refractivity contribution in [3.05, 3.63) is 60.8 Å². The SMILES string of the molecule is CC1CCN(c2cc(-c3ccccc3O)nnc2N)CCN1c1nc(C#CCn2cncn2)ncc1F. The number of phenolic OH excluding ortho intramolecular Hbond substituents is 1. The molecule has 3 aromatic heterocycles. The second-order valence-electron chi connectivity index (χ2n) is 8.60. The highest BCUT2D eigenvalue weighted by Crippen LogP contribution is 2.32. The second-order valence-corrected chi connectivity index (χ2v) is 8.60. The summed E-state index contributed by atoms with van der Waals surface area (Å²) in [6.07, 6.45) is 4.87. The molecule has 1 atom stereocenters. The maximum absolute atomic E-state index is 14.9. The Labute approximate surface area is 212 Å². The Bertz CT molecular complexity index is 1450. The maximum atomic E-state index is 14.9. The number of hydrogen-bond donors (Lipinski definition) is 2. The van der Waals surface area contributed by atoms with Crippen molar-refractivity contribution in [2.24, 2.45) is 0 Å². The molecule has 188 valence electrons. The number of nitrogen functional groups attached to an aromatic ring is 1. The minimum absolute atomic E-state index is 0.000910. The fourth-order valence-electron chi connectivity index (χ4n) is 4.21. The molecule has 0 spiro atoms. The molecule has 3 N–H and O–H groups in total. The second kappa shape index (κ2) is 10.4. The lowest BCUT2D eigenvalue weighted by Gasteiger charge is -2.28. The number of halogens is 1. The Hall–Kier alpha value is -4.79. The minimum Gasteiger partial charge on any atom is -0.507 e. The number of hydrogen-bond acceptors (Lipinski definition) is 10. The summed E-state index contributed by atoms with van der Waals surface area (Å²) in [5.41, 5.74) is 8.00. The number of benzene rings is 1. The molecule has 0 aliphatic carbocycles. The van der Waals surface area contributed by atoms with Crippen LogP contribution in [-0.4, -0.2) is 65.7 Å². The number of nitrogens with zero attached hydrogens (tertiary/aromatic N) is 9. The molecule has 1 aromatic carbocycles. The molecule has 0 radical (unpaired) electrons. The quantitative estimate of drug-likeness (QED) is 0.401. The van der Waals surface area contributed by atoms with Crippen molar-refractivity contribution < 1.29 is 9.50 Å². The standard InChI is InChI=1S/C25H25FN10O/c1-17-8-10-34(21-13-20(32-33-24(21)27)18-5-2-3-6-22(18)37)11-12-36(17)25-19(26)14-29-23(31-25)7-4-9-35-16-28-15-30-35/h2-3,5-6,13-17,37H,8-12H2,1H3,(H2,27,33). The van der Waals surface area contributed by atoms with E-state index in [1.54, 1.807) is 29.2 Å². The largest absolute Gasteiger partial charge is 0.507 e. The first-order chi connectivity index (χ1) is 18.0. The summed E-state index contributed by atoms with van der Waals surface area (Å²) in [6, 6.07) is 8.76. The van der Waals surface area contributed by atoms with Gasteiger partial charge in [-0.1, -0.05) is 18.1 Å². The molecule has 0 bridgehead atoms. The molecule has 4 heterocycles. The van der Waals surface area contributed by atoms with Crippen molar-refractivity contribution in [3.8, 4) is 28.8 Å². The summed E-state index contributed by atoms with van der Waals surface area (Å²) >= 11 is 0. The molecule has 37 heavy (non-hydrogen) atoms. The summed E-state index contributed by atoms with van der Waals surface area (Å²) in [6.45, 7) is 4.08. The predicted molar refractivity (Wildman–Crippen MR) is 136 cm³/mol. The van der Waals surface area contributed by atoms with E-state index in [0.29, 0.717) is 48.9 Å². The van der Waals surface area contributed by atoms with Crippen LogP contribution >= 0.6 is 0 Å². The lowest BCUT2D eigenvalue weighted by Crippen LogP contribution is -2.36. The van der Waals surface area contributed by atoms with Crippen molar-refractivity contribution in [3.63, 3.8) is 0 Å². The minimum atomic E-state index is -0.506. The van der Waals surface area contributed by atoms with E-state index < -0.39 is 5.82 Å². The number of aromatic hydroxyl groups is 1. The summed E-state index contributed by atoms with van der Waals surface area (Å²) in [7, 11) is 0. The predicted octanol–water partition coefficient (Wildman–Crippen LogP) is 2.11. The van der Waals surface area contributed by atoms with Gasteiger partial charge in [-0.2, -0.15) is 5.10 Å². The van der Waals surface area contributed by atoms with Crippen LogP contribution in [0.1, 0.15) is 19.2 Å². The van der Waals surface area contributed by atoms with Crippen LogP contribution in [-0.2, 0) is 6.54 Å². The molecular formula is C25H25FN10O. The number of nitrogens with two attached hydrogens (primary N) is 1.